The van der Waals surface area contributed by atoms with Gasteiger partial charge in [0.1, 0.15) is 11.6 Å². The summed E-state index contributed by atoms with van der Waals surface area (Å²) in [5.74, 6) is 0.897. The van der Waals surface area contributed by atoms with Gasteiger partial charge in [-0.2, -0.15) is 5.10 Å². The van der Waals surface area contributed by atoms with Gasteiger partial charge in [-0.05, 0) is 54.0 Å². The number of nitrogens with one attached hydrogen (secondary N) is 1. The molecule has 0 atom stereocenters. The Morgan fingerprint density at radius 2 is 1.89 bits per heavy atom. The minimum Gasteiger partial charge on any atom is -0.383 e. The highest BCUT2D eigenvalue weighted by Gasteiger charge is 2.24. The quantitative estimate of drug-likeness (QED) is 0.342. The monoisotopic (exact) mass is 510 g/mol. The normalized spacial score (nSPS) is 13.1. The van der Waals surface area contributed by atoms with Crippen molar-refractivity contribution in [2.75, 3.05) is 12.0 Å². The van der Waals surface area contributed by atoms with Crippen molar-refractivity contribution in [2.24, 2.45) is 0 Å². The van der Waals surface area contributed by atoms with Crippen molar-refractivity contribution >= 4 is 38.5 Å². The molecule has 37 heavy (non-hydrogen) atoms. The van der Waals surface area contributed by atoms with Gasteiger partial charge in [0.25, 0.3) is 0 Å². The second-order valence-electron chi connectivity index (χ2n) is 9.15. The molecule has 3 heterocycles. The Hall–Kier alpha value is -4.57. The first-order valence-corrected chi connectivity index (χ1v) is 13.4. The summed E-state index contributed by atoms with van der Waals surface area (Å²) in [6.07, 6.45) is 7.92. The molecule has 5 aromatic rings. The van der Waals surface area contributed by atoms with Crippen molar-refractivity contribution in [1.29, 1.82) is 0 Å². The number of nitrogens with zero attached hydrogens (tertiary/aromatic N) is 4. The predicted molar refractivity (Wildman–Crippen MR) is 141 cm³/mol. The predicted octanol–water partition coefficient (Wildman–Crippen LogP) is 3.93. The third kappa shape index (κ3) is 4.01. The number of ketones is 1. The molecular weight excluding hydrogens is 488 g/mol. The number of fused-ring (bicyclic) bond motifs is 2. The lowest BCUT2D eigenvalue weighted by molar-refractivity contribution is 0.103. The van der Waals surface area contributed by atoms with E-state index >= 15 is 0 Å². The van der Waals surface area contributed by atoms with Crippen molar-refractivity contribution in [3.8, 4) is 16.8 Å². The van der Waals surface area contributed by atoms with Gasteiger partial charge < -0.3 is 10.7 Å². The van der Waals surface area contributed by atoms with Crippen molar-refractivity contribution in [2.45, 2.75) is 18.2 Å². The molecule has 184 valence electrons. The second kappa shape index (κ2) is 8.24. The Morgan fingerprint density at radius 1 is 1.05 bits per heavy atom. The molecule has 1 aliphatic carbocycles. The maximum atomic E-state index is 13.4. The summed E-state index contributed by atoms with van der Waals surface area (Å²) in [7, 11) is -3.37. The van der Waals surface area contributed by atoms with Crippen LogP contribution >= 0.6 is 0 Å². The number of carbonyl (C=O) groups excluding carboxylic acids is 1. The number of rotatable bonds is 5. The van der Waals surface area contributed by atoms with E-state index in [0.717, 1.165) is 45.5 Å². The number of H-pyrrole nitrogens is 1. The Morgan fingerprint density at radius 3 is 2.70 bits per heavy atom. The summed E-state index contributed by atoms with van der Waals surface area (Å²) in [5, 5.41) is 4.38. The number of imidazole rings is 1. The lowest BCUT2D eigenvalue weighted by Crippen LogP contribution is -2.08. The van der Waals surface area contributed by atoms with Crippen molar-refractivity contribution in [3.63, 3.8) is 0 Å². The summed E-state index contributed by atoms with van der Waals surface area (Å²) in [5.41, 5.74) is 13.2. The first-order chi connectivity index (χ1) is 17.7. The molecule has 9 nitrogen and oxygen atoms in total. The molecule has 1 aliphatic rings. The number of hydrogen-bond acceptors (Lipinski definition) is 7. The maximum absolute atomic E-state index is 13.4. The van der Waals surface area contributed by atoms with E-state index in [9.17, 15) is 13.2 Å². The molecule has 0 spiro atoms. The van der Waals surface area contributed by atoms with E-state index in [4.69, 9.17) is 5.73 Å². The van der Waals surface area contributed by atoms with E-state index in [1.807, 2.05) is 49.4 Å². The van der Waals surface area contributed by atoms with Crippen molar-refractivity contribution in [1.82, 2.24) is 24.7 Å². The fraction of sp³-hybridized carbons (Fsp3) is 0.111. The molecule has 0 bridgehead atoms. The van der Waals surface area contributed by atoms with E-state index in [1.54, 1.807) is 16.9 Å². The number of aromatic nitrogens is 5. The number of sulfone groups is 1. The summed E-state index contributed by atoms with van der Waals surface area (Å²) >= 11 is 0. The van der Waals surface area contributed by atoms with Crippen LogP contribution in [0.3, 0.4) is 0 Å². The number of aromatic amines is 1. The molecule has 0 aliphatic heterocycles. The van der Waals surface area contributed by atoms with Gasteiger partial charge in [-0.3, -0.25) is 9.78 Å². The number of anilines is 1. The zero-order chi connectivity index (χ0) is 25.9. The highest BCUT2D eigenvalue weighted by Crippen LogP contribution is 2.33. The fourth-order valence-corrected chi connectivity index (χ4v) is 5.21. The average molecular weight is 511 g/mol. The average Bonchev–Trinajstić information content (AvgIpc) is 3.57. The summed E-state index contributed by atoms with van der Waals surface area (Å²) < 4.78 is 25.4. The molecule has 0 radical (unpaired) electrons. The SMILES string of the molecule is Cc1nc2ccc(-n3ncc(C(=O)C4=Cc5ccc(-c6cncc(S(C)(=O)=O)c6)cc5C4)c3N)cc2[nH]1. The molecular formula is C27H22N6O3S. The fourth-order valence-electron chi connectivity index (χ4n) is 4.62. The first-order valence-electron chi connectivity index (χ1n) is 11.5. The molecule has 0 fully saturated rings. The van der Waals surface area contributed by atoms with Crippen LogP contribution in [-0.4, -0.2) is 45.2 Å². The maximum Gasteiger partial charge on any atom is 0.194 e. The molecule has 0 unspecified atom stereocenters. The van der Waals surface area contributed by atoms with Gasteiger partial charge in [-0.25, -0.2) is 18.1 Å². The minimum atomic E-state index is -3.37. The molecule has 0 saturated carbocycles. The molecule has 3 aromatic heterocycles. The number of hydrogen-bond donors (Lipinski definition) is 2. The van der Waals surface area contributed by atoms with Crippen molar-refractivity contribution < 1.29 is 13.2 Å². The third-order valence-corrected chi connectivity index (χ3v) is 7.58. The van der Waals surface area contributed by atoms with Gasteiger partial charge in [0.05, 0.1) is 33.4 Å². The van der Waals surface area contributed by atoms with E-state index in [0.29, 0.717) is 23.1 Å². The van der Waals surface area contributed by atoms with Crippen LogP contribution in [0.2, 0.25) is 0 Å². The topological polar surface area (TPSA) is 137 Å². The molecule has 3 N–H and O–H groups in total. The van der Waals surface area contributed by atoms with Crippen LogP contribution in [0.25, 0.3) is 33.9 Å². The number of Topliss-reactive ketones (excluding diaryl/α,β-unsaturated/α-hetero) is 1. The Bertz CT molecular complexity index is 1880. The lowest BCUT2D eigenvalue weighted by atomic mass is 10.00. The number of carbonyl (C=O) groups is 1. The number of nitrogens with two attached hydrogens (primary N) is 1. The molecule has 10 heteroatoms. The Kier molecular flexibility index (Phi) is 5.09. The number of aryl methyl sites for hydroxylation is 1. The van der Waals surface area contributed by atoms with E-state index < -0.39 is 9.84 Å². The first kappa shape index (κ1) is 22.9. The molecule has 0 saturated heterocycles. The highest BCUT2D eigenvalue weighted by molar-refractivity contribution is 7.90. The van der Waals surface area contributed by atoms with Crippen LogP contribution in [0.1, 0.15) is 27.3 Å². The smallest absolute Gasteiger partial charge is 0.194 e. The second-order valence-corrected chi connectivity index (χ2v) is 11.2. The standard InChI is InChI=1S/C27H22N6O3S/c1-15-31-24-6-5-21(11-25(24)32-15)33-27(28)23(14-30-33)26(34)19-8-16-3-4-17(7-18(16)9-19)20-10-22(13-29-12-20)37(2,35)36/h3-8,10-14H,9,28H2,1-2H3,(H,31,32). The van der Waals surface area contributed by atoms with Gasteiger partial charge in [0.2, 0.25) is 0 Å². The number of nitrogen functional groups attached to an aromatic ring is 1. The van der Waals surface area contributed by atoms with E-state index in [-0.39, 0.29) is 16.5 Å². The van der Waals surface area contributed by atoms with Gasteiger partial charge in [-0.15, -0.1) is 0 Å². The molecule has 0 amide bonds. The number of allylic oxidation sites excluding steroid dienone is 1. The zero-order valence-corrected chi connectivity index (χ0v) is 20.9. The van der Waals surface area contributed by atoms with Crippen LogP contribution in [0.15, 0.2) is 71.5 Å². The van der Waals surface area contributed by atoms with Gasteiger partial charge >= 0.3 is 0 Å². The van der Waals surface area contributed by atoms with Crippen LogP contribution < -0.4 is 5.73 Å². The summed E-state index contributed by atoms with van der Waals surface area (Å²) in [6, 6.07) is 13.0. The largest absolute Gasteiger partial charge is 0.383 e. The van der Waals surface area contributed by atoms with Crippen LogP contribution in [-0.2, 0) is 16.3 Å². The number of pyridine rings is 1. The highest BCUT2D eigenvalue weighted by atomic mass is 32.2. The molecule has 6 rings (SSSR count). The number of benzene rings is 2. The zero-order valence-electron chi connectivity index (χ0n) is 20.1. The van der Waals surface area contributed by atoms with E-state index in [2.05, 4.69) is 20.1 Å². The van der Waals surface area contributed by atoms with Gasteiger partial charge in [0.15, 0.2) is 15.6 Å². The molecule has 2 aromatic carbocycles. The lowest BCUT2D eigenvalue weighted by Gasteiger charge is -2.07. The Labute approximate surface area is 212 Å². The minimum absolute atomic E-state index is 0.161. The van der Waals surface area contributed by atoms with Crippen LogP contribution in [0, 0.1) is 6.92 Å². The van der Waals surface area contributed by atoms with Crippen LogP contribution in [0.5, 0.6) is 0 Å². The van der Waals surface area contributed by atoms with Gasteiger partial charge in [0, 0.05) is 36.2 Å². The Balaban J connectivity index is 1.27. The summed E-state index contributed by atoms with van der Waals surface area (Å²) in [4.78, 5) is 25.3. The van der Waals surface area contributed by atoms with Crippen LogP contribution in [0.4, 0.5) is 5.82 Å². The van der Waals surface area contributed by atoms with Gasteiger partial charge in [-0.1, -0.05) is 18.2 Å². The summed E-state index contributed by atoms with van der Waals surface area (Å²) in [6.45, 7) is 1.89. The van der Waals surface area contributed by atoms with E-state index in [1.165, 1.54) is 12.4 Å². The van der Waals surface area contributed by atoms with Crippen molar-refractivity contribution in [3.05, 3.63) is 89.1 Å². The third-order valence-electron chi connectivity index (χ3n) is 6.50.